The van der Waals surface area contributed by atoms with Crippen LogP contribution in [0.2, 0.25) is 0 Å². The van der Waals surface area contributed by atoms with Gasteiger partial charge in [-0.25, -0.2) is 0 Å². The van der Waals surface area contributed by atoms with Gasteiger partial charge in [0.15, 0.2) is 0 Å². The lowest BCUT2D eigenvalue weighted by Gasteiger charge is -2.29. The molecule has 0 aromatic carbocycles. The lowest BCUT2D eigenvalue weighted by Crippen LogP contribution is -2.34. The minimum absolute atomic E-state index is 0.723. The van der Waals surface area contributed by atoms with E-state index in [0.717, 1.165) is 23.5 Å². The Kier molecular flexibility index (Phi) is 4.51. The highest BCUT2D eigenvalue weighted by molar-refractivity contribution is 7.99. The molecule has 0 aliphatic heterocycles. The van der Waals surface area contributed by atoms with Crippen LogP contribution in [0, 0.1) is 6.92 Å². The van der Waals surface area contributed by atoms with Crippen LogP contribution in [0.5, 0.6) is 0 Å². The lowest BCUT2D eigenvalue weighted by molar-refractivity contribution is 0.387. The molecule has 4 heteroatoms. The molecule has 1 aromatic rings. The third-order valence-corrected chi connectivity index (χ3v) is 4.75. The summed E-state index contributed by atoms with van der Waals surface area (Å²) >= 11 is 2.00. The van der Waals surface area contributed by atoms with E-state index >= 15 is 0 Å². The lowest BCUT2D eigenvalue weighted by atomic mass is 9.95. The minimum atomic E-state index is 0.723. The summed E-state index contributed by atoms with van der Waals surface area (Å²) in [6.45, 7) is 5.35. The van der Waals surface area contributed by atoms with Crippen LogP contribution in [0.15, 0.2) is 11.1 Å². The van der Waals surface area contributed by atoms with E-state index in [2.05, 4.69) is 30.3 Å². The molecule has 0 amide bonds. The molecule has 3 nitrogen and oxygen atoms in total. The maximum Gasteiger partial charge on any atom is 0.0942 e. The third-order valence-electron chi connectivity index (χ3n) is 3.37. The number of rotatable bonds is 4. The number of aryl methyl sites for hydroxylation is 2. The molecule has 0 saturated heterocycles. The van der Waals surface area contributed by atoms with Crippen LogP contribution in [0.25, 0.3) is 0 Å². The average molecular weight is 253 g/mol. The zero-order chi connectivity index (χ0) is 12.3. The van der Waals surface area contributed by atoms with Crippen LogP contribution in [0.1, 0.15) is 38.3 Å². The van der Waals surface area contributed by atoms with Crippen molar-refractivity contribution < 1.29 is 0 Å². The van der Waals surface area contributed by atoms with Crippen molar-refractivity contribution in [2.75, 3.05) is 6.54 Å². The Morgan fingerprint density at radius 3 is 3.00 bits per heavy atom. The van der Waals surface area contributed by atoms with Gasteiger partial charge in [0, 0.05) is 18.3 Å². The maximum absolute atomic E-state index is 4.41. The molecule has 2 atom stereocenters. The highest BCUT2D eigenvalue weighted by Crippen LogP contribution is 2.33. The molecule has 2 rings (SSSR count). The van der Waals surface area contributed by atoms with Gasteiger partial charge in [-0.2, -0.15) is 5.10 Å². The predicted octanol–water partition coefficient (Wildman–Crippen LogP) is 2.74. The molecule has 1 N–H and O–H groups in total. The molecule has 17 heavy (non-hydrogen) atoms. The third kappa shape index (κ3) is 3.49. The standard InChI is InChI=1S/C13H23N3S/c1-4-14-11-6-5-7-12(9-11)17-13-8-10(2)15-16(13)3/h8,11-12,14H,4-7,9H2,1-3H3. The summed E-state index contributed by atoms with van der Waals surface area (Å²) in [5, 5.41) is 10.1. The van der Waals surface area contributed by atoms with Crippen molar-refractivity contribution in [1.82, 2.24) is 15.1 Å². The Morgan fingerprint density at radius 2 is 2.35 bits per heavy atom. The fourth-order valence-corrected chi connectivity index (χ4v) is 3.98. The van der Waals surface area contributed by atoms with Crippen LogP contribution in [0.4, 0.5) is 0 Å². The Hall–Kier alpha value is -0.480. The van der Waals surface area contributed by atoms with E-state index in [1.165, 1.54) is 30.7 Å². The first-order valence-electron chi connectivity index (χ1n) is 6.59. The zero-order valence-corrected chi connectivity index (χ0v) is 11.9. The summed E-state index contributed by atoms with van der Waals surface area (Å²) in [6.07, 6.45) is 5.33. The monoisotopic (exact) mass is 253 g/mol. The average Bonchev–Trinajstić information content (AvgIpc) is 2.58. The van der Waals surface area contributed by atoms with Gasteiger partial charge in [0.05, 0.1) is 10.7 Å². The van der Waals surface area contributed by atoms with Crippen LogP contribution in [0.3, 0.4) is 0 Å². The van der Waals surface area contributed by atoms with Gasteiger partial charge >= 0.3 is 0 Å². The first kappa shape index (κ1) is 13.0. The molecule has 0 spiro atoms. The summed E-state index contributed by atoms with van der Waals surface area (Å²) in [5.74, 6) is 0. The van der Waals surface area contributed by atoms with E-state index in [4.69, 9.17) is 0 Å². The topological polar surface area (TPSA) is 29.9 Å². The fourth-order valence-electron chi connectivity index (χ4n) is 2.59. The van der Waals surface area contributed by atoms with E-state index < -0.39 is 0 Å². The highest BCUT2D eigenvalue weighted by atomic mass is 32.2. The van der Waals surface area contributed by atoms with Crippen molar-refractivity contribution >= 4 is 11.8 Å². The van der Waals surface area contributed by atoms with Gasteiger partial charge in [-0.15, -0.1) is 11.8 Å². The number of aromatic nitrogens is 2. The van der Waals surface area contributed by atoms with Crippen LogP contribution in [-0.4, -0.2) is 27.6 Å². The number of nitrogens with zero attached hydrogens (tertiary/aromatic N) is 2. The van der Waals surface area contributed by atoms with Crippen LogP contribution < -0.4 is 5.32 Å². The number of nitrogens with one attached hydrogen (secondary N) is 1. The molecule has 1 heterocycles. The van der Waals surface area contributed by atoms with Crippen molar-refractivity contribution in [3.05, 3.63) is 11.8 Å². The summed E-state index contributed by atoms with van der Waals surface area (Å²) in [6, 6.07) is 2.92. The Labute approximate surface area is 108 Å². The van der Waals surface area contributed by atoms with Gasteiger partial charge in [-0.05, 0) is 38.8 Å². The molecule has 0 bridgehead atoms. The van der Waals surface area contributed by atoms with E-state index in [0.29, 0.717) is 0 Å². The van der Waals surface area contributed by atoms with Crippen molar-refractivity contribution in [2.45, 2.75) is 55.8 Å². The molecule has 1 aliphatic rings. The predicted molar refractivity (Wildman–Crippen MR) is 73.5 cm³/mol. The summed E-state index contributed by atoms with van der Waals surface area (Å²) in [7, 11) is 2.04. The molecule has 1 aromatic heterocycles. The van der Waals surface area contributed by atoms with Gasteiger partial charge in [-0.3, -0.25) is 4.68 Å². The summed E-state index contributed by atoms with van der Waals surface area (Å²) < 4.78 is 2.01. The first-order valence-corrected chi connectivity index (χ1v) is 7.47. The van der Waals surface area contributed by atoms with Gasteiger partial charge in [0.1, 0.15) is 0 Å². The largest absolute Gasteiger partial charge is 0.314 e. The first-order chi connectivity index (χ1) is 8.19. The molecule has 2 unspecified atom stereocenters. The molecule has 1 saturated carbocycles. The second-order valence-electron chi connectivity index (χ2n) is 4.91. The molecular weight excluding hydrogens is 230 g/mol. The molecule has 0 radical (unpaired) electrons. The molecule has 1 aliphatic carbocycles. The Morgan fingerprint density at radius 1 is 1.53 bits per heavy atom. The van der Waals surface area contributed by atoms with Crippen molar-refractivity contribution in [2.24, 2.45) is 7.05 Å². The van der Waals surface area contributed by atoms with Crippen molar-refractivity contribution in [3.8, 4) is 0 Å². The summed E-state index contributed by atoms with van der Waals surface area (Å²) in [5.41, 5.74) is 1.12. The zero-order valence-electron chi connectivity index (χ0n) is 11.1. The molecular formula is C13H23N3S. The van der Waals surface area contributed by atoms with Gasteiger partial charge in [0.2, 0.25) is 0 Å². The SMILES string of the molecule is CCNC1CCCC(Sc2cc(C)nn2C)C1. The van der Waals surface area contributed by atoms with Crippen LogP contribution >= 0.6 is 11.8 Å². The fraction of sp³-hybridized carbons (Fsp3) is 0.769. The van der Waals surface area contributed by atoms with E-state index in [1.54, 1.807) is 0 Å². The number of hydrogen-bond acceptors (Lipinski definition) is 3. The molecule has 1 fully saturated rings. The van der Waals surface area contributed by atoms with Crippen LogP contribution in [-0.2, 0) is 7.05 Å². The maximum atomic E-state index is 4.41. The Balaban J connectivity index is 1.92. The van der Waals surface area contributed by atoms with Crippen molar-refractivity contribution in [1.29, 1.82) is 0 Å². The van der Waals surface area contributed by atoms with E-state index in [1.807, 2.05) is 23.5 Å². The summed E-state index contributed by atoms with van der Waals surface area (Å²) in [4.78, 5) is 0. The normalized spacial score (nSPS) is 25.1. The second kappa shape index (κ2) is 5.91. The molecule has 96 valence electrons. The van der Waals surface area contributed by atoms with Gasteiger partial charge in [-0.1, -0.05) is 13.3 Å². The number of hydrogen-bond donors (Lipinski definition) is 1. The van der Waals surface area contributed by atoms with Gasteiger partial charge < -0.3 is 5.32 Å². The van der Waals surface area contributed by atoms with E-state index in [-0.39, 0.29) is 0 Å². The Bertz CT molecular complexity index is 360. The second-order valence-corrected chi connectivity index (χ2v) is 6.23. The van der Waals surface area contributed by atoms with Crippen molar-refractivity contribution in [3.63, 3.8) is 0 Å². The van der Waals surface area contributed by atoms with E-state index in [9.17, 15) is 0 Å². The quantitative estimate of drug-likeness (QED) is 0.895. The number of thioether (sulfide) groups is 1. The highest BCUT2D eigenvalue weighted by Gasteiger charge is 2.22. The minimum Gasteiger partial charge on any atom is -0.314 e. The smallest absolute Gasteiger partial charge is 0.0942 e. The van der Waals surface area contributed by atoms with Gasteiger partial charge in [0.25, 0.3) is 0 Å².